The molecule has 0 radical (unpaired) electrons. The largest absolute Gasteiger partial charge is 0.384 e. The van der Waals surface area contributed by atoms with Crippen molar-refractivity contribution in [3.05, 3.63) is 33.6 Å². The molecule has 2 aromatic heterocycles. The number of amides is 1. The second-order valence-electron chi connectivity index (χ2n) is 3.41. The van der Waals surface area contributed by atoms with Crippen LogP contribution < -0.4 is 5.32 Å². The standard InChI is InChI=1S/C12H10N2O3S/c1-8-7-10(17-14-8)13-12(16)11-9(3-2-5-15)4-6-18-11/h4,6-7,15H,5H2,1H3,(H,13,16). The molecule has 5 nitrogen and oxygen atoms in total. The van der Waals surface area contributed by atoms with E-state index in [-0.39, 0.29) is 12.5 Å². The number of nitrogens with zero attached hydrogens (tertiary/aromatic N) is 1. The molecule has 2 rings (SSSR count). The van der Waals surface area contributed by atoms with Crippen molar-refractivity contribution < 1.29 is 14.4 Å². The quantitative estimate of drug-likeness (QED) is 0.807. The van der Waals surface area contributed by atoms with Gasteiger partial charge in [0.05, 0.1) is 5.69 Å². The highest BCUT2D eigenvalue weighted by molar-refractivity contribution is 7.12. The summed E-state index contributed by atoms with van der Waals surface area (Å²) in [7, 11) is 0. The molecule has 0 atom stereocenters. The number of aromatic nitrogens is 1. The maximum atomic E-state index is 11.9. The average Bonchev–Trinajstić information content (AvgIpc) is 2.95. The van der Waals surface area contributed by atoms with E-state index in [4.69, 9.17) is 9.63 Å². The Morgan fingerprint density at radius 3 is 3.17 bits per heavy atom. The smallest absolute Gasteiger partial charge is 0.269 e. The molecule has 2 aromatic rings. The van der Waals surface area contributed by atoms with E-state index in [2.05, 4.69) is 22.3 Å². The molecule has 0 bridgehead atoms. The summed E-state index contributed by atoms with van der Waals surface area (Å²) in [5, 5.41) is 16.7. The first kappa shape index (κ1) is 12.4. The Hall–Kier alpha value is -2.10. The minimum atomic E-state index is -0.302. The normalized spacial score (nSPS) is 9.67. The number of thiophene rings is 1. The minimum absolute atomic E-state index is 0.238. The molecule has 2 heterocycles. The highest BCUT2D eigenvalue weighted by atomic mass is 32.1. The zero-order valence-electron chi connectivity index (χ0n) is 9.56. The van der Waals surface area contributed by atoms with Crippen molar-refractivity contribution in [3.63, 3.8) is 0 Å². The Morgan fingerprint density at radius 1 is 1.67 bits per heavy atom. The summed E-state index contributed by atoms with van der Waals surface area (Å²) in [5.74, 6) is 5.22. The molecule has 0 spiro atoms. The van der Waals surface area contributed by atoms with Crippen molar-refractivity contribution >= 4 is 23.1 Å². The predicted molar refractivity (Wildman–Crippen MR) is 67.5 cm³/mol. The van der Waals surface area contributed by atoms with Crippen molar-refractivity contribution in [2.45, 2.75) is 6.92 Å². The van der Waals surface area contributed by atoms with Gasteiger partial charge in [-0.1, -0.05) is 17.0 Å². The summed E-state index contributed by atoms with van der Waals surface area (Å²) >= 11 is 1.28. The summed E-state index contributed by atoms with van der Waals surface area (Å²) < 4.78 is 4.90. The lowest BCUT2D eigenvalue weighted by molar-refractivity contribution is 0.102. The Labute approximate surface area is 107 Å². The Bertz CT molecular complexity index is 619. The van der Waals surface area contributed by atoms with Crippen molar-refractivity contribution in [1.82, 2.24) is 5.16 Å². The molecule has 0 fully saturated rings. The van der Waals surface area contributed by atoms with Crippen molar-refractivity contribution in [2.24, 2.45) is 0 Å². The maximum absolute atomic E-state index is 11.9. The molecule has 0 aliphatic heterocycles. The lowest BCUT2D eigenvalue weighted by Crippen LogP contribution is -2.10. The maximum Gasteiger partial charge on any atom is 0.269 e. The van der Waals surface area contributed by atoms with Crippen LogP contribution in [0.25, 0.3) is 0 Å². The van der Waals surface area contributed by atoms with Crippen molar-refractivity contribution in [3.8, 4) is 11.8 Å². The van der Waals surface area contributed by atoms with Gasteiger partial charge in [-0.3, -0.25) is 10.1 Å². The lowest BCUT2D eigenvalue weighted by atomic mass is 10.2. The molecule has 18 heavy (non-hydrogen) atoms. The van der Waals surface area contributed by atoms with Gasteiger partial charge in [-0.05, 0) is 18.4 Å². The SMILES string of the molecule is Cc1cc(NC(=O)c2sccc2C#CCO)on1. The number of hydrogen-bond donors (Lipinski definition) is 2. The first-order valence-corrected chi connectivity index (χ1v) is 6.00. The fourth-order valence-electron chi connectivity index (χ4n) is 1.31. The van der Waals surface area contributed by atoms with Crippen molar-refractivity contribution in [1.29, 1.82) is 0 Å². The van der Waals surface area contributed by atoms with Crippen LogP contribution in [-0.4, -0.2) is 22.8 Å². The van der Waals surface area contributed by atoms with E-state index in [0.717, 1.165) is 0 Å². The number of aryl methyl sites for hydroxylation is 1. The Morgan fingerprint density at radius 2 is 2.50 bits per heavy atom. The summed E-state index contributed by atoms with van der Waals surface area (Å²) in [6.07, 6.45) is 0. The van der Waals surface area contributed by atoms with Gasteiger partial charge < -0.3 is 9.63 Å². The van der Waals surface area contributed by atoms with Gasteiger partial charge in [0, 0.05) is 11.6 Å². The van der Waals surface area contributed by atoms with Gasteiger partial charge in [-0.2, -0.15) is 0 Å². The van der Waals surface area contributed by atoms with Crippen molar-refractivity contribution in [2.75, 3.05) is 11.9 Å². The highest BCUT2D eigenvalue weighted by Crippen LogP contribution is 2.18. The third-order valence-electron chi connectivity index (χ3n) is 2.04. The number of aliphatic hydroxyl groups is 1. The monoisotopic (exact) mass is 262 g/mol. The van der Waals surface area contributed by atoms with Gasteiger partial charge in [0.1, 0.15) is 11.5 Å². The zero-order chi connectivity index (χ0) is 13.0. The number of carbonyl (C=O) groups is 1. The molecule has 0 aromatic carbocycles. The Kier molecular flexibility index (Phi) is 3.77. The molecule has 0 aliphatic carbocycles. The van der Waals surface area contributed by atoms with Crippen LogP contribution in [0, 0.1) is 18.8 Å². The third kappa shape index (κ3) is 2.77. The first-order valence-electron chi connectivity index (χ1n) is 5.12. The molecule has 92 valence electrons. The number of rotatable bonds is 2. The molecule has 0 saturated carbocycles. The molecular weight excluding hydrogens is 252 g/mol. The predicted octanol–water partition coefficient (Wildman–Crippen LogP) is 1.64. The molecular formula is C12H10N2O3S. The van der Waals surface area contributed by atoms with Gasteiger partial charge in [0.15, 0.2) is 0 Å². The second-order valence-corrected chi connectivity index (χ2v) is 4.33. The number of carbonyl (C=O) groups excluding carboxylic acids is 1. The van der Waals surface area contributed by atoms with E-state index in [9.17, 15) is 4.79 Å². The molecule has 0 saturated heterocycles. The van der Waals surface area contributed by atoms with Gasteiger partial charge >= 0.3 is 0 Å². The van der Waals surface area contributed by atoms with E-state index in [1.807, 2.05) is 0 Å². The molecule has 0 unspecified atom stereocenters. The first-order chi connectivity index (χ1) is 8.70. The average molecular weight is 262 g/mol. The van der Waals surface area contributed by atoms with Gasteiger partial charge in [-0.25, -0.2) is 0 Å². The van der Waals surface area contributed by atoms with Gasteiger partial charge in [0.2, 0.25) is 5.88 Å². The number of anilines is 1. The fraction of sp³-hybridized carbons (Fsp3) is 0.167. The third-order valence-corrected chi connectivity index (χ3v) is 2.95. The summed E-state index contributed by atoms with van der Waals surface area (Å²) in [5.41, 5.74) is 1.28. The van der Waals surface area contributed by atoms with Crippen LogP contribution in [0.15, 0.2) is 22.0 Å². The zero-order valence-corrected chi connectivity index (χ0v) is 10.4. The van der Waals surface area contributed by atoms with Crippen LogP contribution in [0.3, 0.4) is 0 Å². The number of aliphatic hydroxyl groups excluding tert-OH is 1. The van der Waals surface area contributed by atoms with Crippen LogP contribution in [0.5, 0.6) is 0 Å². The number of hydrogen-bond acceptors (Lipinski definition) is 5. The second kappa shape index (κ2) is 5.49. The van der Waals surface area contributed by atoms with Crippen LogP contribution in [-0.2, 0) is 0 Å². The van der Waals surface area contributed by atoms with E-state index in [1.54, 1.807) is 24.4 Å². The topological polar surface area (TPSA) is 75.4 Å². The molecule has 1 amide bonds. The van der Waals surface area contributed by atoms with Gasteiger partial charge in [0.25, 0.3) is 5.91 Å². The summed E-state index contributed by atoms with van der Waals surface area (Å²) in [6.45, 7) is 1.53. The van der Waals surface area contributed by atoms with E-state index >= 15 is 0 Å². The van der Waals surface area contributed by atoms with Gasteiger partial charge in [-0.15, -0.1) is 11.3 Å². The Balaban J connectivity index is 2.16. The lowest BCUT2D eigenvalue weighted by Gasteiger charge is -1.98. The van der Waals surface area contributed by atoms with Crippen LogP contribution in [0.4, 0.5) is 5.88 Å². The van der Waals surface area contributed by atoms with E-state index in [0.29, 0.717) is 22.0 Å². The minimum Gasteiger partial charge on any atom is -0.384 e. The van der Waals surface area contributed by atoms with Crippen LogP contribution in [0.1, 0.15) is 20.9 Å². The summed E-state index contributed by atoms with van der Waals surface area (Å²) in [4.78, 5) is 12.4. The van der Waals surface area contributed by atoms with E-state index in [1.165, 1.54) is 11.3 Å². The van der Waals surface area contributed by atoms with Crippen LogP contribution in [0.2, 0.25) is 0 Å². The fourth-order valence-corrected chi connectivity index (χ4v) is 2.05. The van der Waals surface area contributed by atoms with E-state index < -0.39 is 0 Å². The molecule has 0 aliphatic rings. The number of nitrogens with one attached hydrogen (secondary N) is 1. The molecule has 2 N–H and O–H groups in total. The highest BCUT2D eigenvalue weighted by Gasteiger charge is 2.14. The summed E-state index contributed by atoms with van der Waals surface area (Å²) in [6, 6.07) is 3.36. The molecule has 6 heteroatoms. The van der Waals surface area contributed by atoms with Crippen LogP contribution >= 0.6 is 11.3 Å².